The first kappa shape index (κ1) is 21.3. The molecule has 5 nitrogen and oxygen atoms in total. The van der Waals surface area contributed by atoms with E-state index in [1.807, 2.05) is 96.8 Å². The maximum absolute atomic E-state index is 9.61. The third-order valence-electron chi connectivity index (χ3n) is 4.76. The lowest BCUT2D eigenvalue weighted by Gasteiger charge is -2.03. The van der Waals surface area contributed by atoms with Crippen molar-refractivity contribution in [3.8, 4) is 11.4 Å². The van der Waals surface area contributed by atoms with Gasteiger partial charge in [-0.2, -0.15) is 10.2 Å². The fraction of sp³-hybridized carbons (Fsp3) is 0.200. The number of hydrogen-bond donors (Lipinski definition) is 1. The summed E-state index contributed by atoms with van der Waals surface area (Å²) in [6.07, 6.45) is 4.99. The van der Waals surface area contributed by atoms with Crippen LogP contribution in [-0.4, -0.2) is 24.7 Å². The topological polar surface area (TPSA) is 55.9 Å². The summed E-state index contributed by atoms with van der Waals surface area (Å²) in [5.74, 6) is 0. The number of hydrogen-bond acceptors (Lipinski definition) is 3. The van der Waals surface area contributed by atoms with E-state index < -0.39 is 6.10 Å². The van der Waals surface area contributed by atoms with Crippen LogP contribution in [0.25, 0.3) is 16.9 Å². The predicted molar refractivity (Wildman–Crippen MR) is 122 cm³/mol. The first-order chi connectivity index (χ1) is 14.6. The molecule has 0 bridgehead atoms. The van der Waals surface area contributed by atoms with E-state index in [1.165, 1.54) is 0 Å². The summed E-state index contributed by atoms with van der Waals surface area (Å²) in [6, 6.07) is 23.8. The van der Waals surface area contributed by atoms with Crippen molar-refractivity contribution in [2.24, 2.45) is 0 Å². The van der Waals surface area contributed by atoms with Crippen molar-refractivity contribution in [3.63, 3.8) is 0 Å². The van der Waals surface area contributed by atoms with Gasteiger partial charge in [0.25, 0.3) is 0 Å². The molecule has 0 radical (unpaired) electrons. The summed E-state index contributed by atoms with van der Waals surface area (Å²) < 4.78 is 3.64. The highest BCUT2D eigenvalue weighted by molar-refractivity contribution is 5.59. The molecule has 0 aliphatic carbocycles. The van der Waals surface area contributed by atoms with Gasteiger partial charge in [-0.15, -0.1) is 0 Å². The Morgan fingerprint density at radius 3 is 1.90 bits per heavy atom. The van der Waals surface area contributed by atoms with Gasteiger partial charge in [-0.1, -0.05) is 56.8 Å². The number of allylic oxidation sites excluding steroid dienone is 1. The van der Waals surface area contributed by atoms with Crippen LogP contribution >= 0.6 is 0 Å². The van der Waals surface area contributed by atoms with Crippen molar-refractivity contribution >= 4 is 5.57 Å². The first-order valence-electron chi connectivity index (χ1n) is 10.2. The third kappa shape index (κ3) is 5.33. The zero-order valence-electron chi connectivity index (χ0n) is 17.5. The fourth-order valence-electron chi connectivity index (χ4n) is 2.87. The minimum Gasteiger partial charge on any atom is -0.387 e. The second-order valence-electron chi connectivity index (χ2n) is 6.88. The highest BCUT2D eigenvalue weighted by Crippen LogP contribution is 2.16. The predicted octanol–water partition coefficient (Wildman–Crippen LogP) is 5.61. The molecular formula is C25H28N4O. The van der Waals surface area contributed by atoms with Gasteiger partial charge >= 0.3 is 0 Å². The smallest absolute Gasteiger partial charge is 0.0975 e. The lowest BCUT2D eigenvalue weighted by atomic mass is 10.2. The van der Waals surface area contributed by atoms with Gasteiger partial charge in [-0.25, -0.2) is 9.36 Å². The molecule has 1 atom stereocenters. The molecule has 2 heterocycles. The number of rotatable bonds is 6. The molecule has 2 aromatic carbocycles. The number of aliphatic hydroxyl groups is 1. The highest BCUT2D eigenvalue weighted by Gasteiger charge is 2.08. The highest BCUT2D eigenvalue weighted by atomic mass is 16.3. The summed E-state index contributed by atoms with van der Waals surface area (Å²) in [5, 5.41) is 18.4. The molecule has 1 N–H and O–H groups in total. The van der Waals surface area contributed by atoms with Gasteiger partial charge in [0.2, 0.25) is 0 Å². The van der Waals surface area contributed by atoms with Gasteiger partial charge in [0.05, 0.1) is 28.9 Å². The Balaban J connectivity index is 0.000000171. The standard InChI is InChI=1S/C13H14N2.C12H14N2O/c1-3-11(2)13-9-10-15(14-13)12-7-5-4-6-8-12;1-2-12(15)11-8-9-14(13-11)10-6-4-3-5-7-10/h4-10H,2-3H2,1H3;3-9,12,15H,2H2,1H3. The van der Waals surface area contributed by atoms with Crippen LogP contribution in [0.1, 0.15) is 44.2 Å². The lowest BCUT2D eigenvalue weighted by molar-refractivity contribution is 0.168. The van der Waals surface area contributed by atoms with Crippen LogP contribution in [0.4, 0.5) is 0 Å². The van der Waals surface area contributed by atoms with Gasteiger partial charge in [0, 0.05) is 12.4 Å². The van der Waals surface area contributed by atoms with Crippen molar-refractivity contribution in [1.29, 1.82) is 0 Å². The number of para-hydroxylation sites is 2. The molecule has 4 rings (SSSR count). The average molecular weight is 401 g/mol. The molecule has 0 saturated carbocycles. The minimum absolute atomic E-state index is 0.463. The van der Waals surface area contributed by atoms with Gasteiger partial charge in [-0.05, 0) is 54.8 Å². The molecular weight excluding hydrogens is 372 g/mol. The Kier molecular flexibility index (Phi) is 7.35. The van der Waals surface area contributed by atoms with E-state index in [2.05, 4.69) is 23.7 Å². The largest absolute Gasteiger partial charge is 0.387 e. The van der Waals surface area contributed by atoms with Crippen molar-refractivity contribution in [3.05, 3.63) is 103 Å². The van der Waals surface area contributed by atoms with Gasteiger partial charge in [0.15, 0.2) is 0 Å². The van der Waals surface area contributed by atoms with Crippen LogP contribution in [-0.2, 0) is 0 Å². The molecule has 1 unspecified atom stereocenters. The third-order valence-corrected chi connectivity index (χ3v) is 4.76. The second kappa shape index (κ2) is 10.4. The van der Waals surface area contributed by atoms with Crippen molar-refractivity contribution in [2.45, 2.75) is 32.8 Å². The molecule has 0 saturated heterocycles. The van der Waals surface area contributed by atoms with E-state index >= 15 is 0 Å². The molecule has 4 aromatic rings. The summed E-state index contributed by atoms with van der Waals surface area (Å²) >= 11 is 0. The molecule has 5 heteroatoms. The Morgan fingerprint density at radius 2 is 1.37 bits per heavy atom. The Morgan fingerprint density at radius 1 is 0.833 bits per heavy atom. The van der Waals surface area contributed by atoms with E-state index in [1.54, 1.807) is 4.68 Å². The van der Waals surface area contributed by atoms with E-state index in [-0.39, 0.29) is 0 Å². The van der Waals surface area contributed by atoms with Gasteiger partial charge in [0.1, 0.15) is 0 Å². The number of benzene rings is 2. The summed E-state index contributed by atoms with van der Waals surface area (Å²) in [4.78, 5) is 0. The van der Waals surface area contributed by atoms with Crippen LogP contribution in [0.3, 0.4) is 0 Å². The quantitative estimate of drug-likeness (QED) is 0.458. The fourth-order valence-corrected chi connectivity index (χ4v) is 2.87. The van der Waals surface area contributed by atoms with Crippen LogP contribution in [0.15, 0.2) is 91.8 Å². The lowest BCUT2D eigenvalue weighted by Crippen LogP contribution is -1.99. The average Bonchev–Trinajstić information content (AvgIpc) is 3.50. The molecule has 0 aliphatic heterocycles. The first-order valence-corrected chi connectivity index (χ1v) is 10.2. The number of aromatic nitrogens is 4. The SMILES string of the molecule is C=C(CC)c1ccn(-c2ccccc2)n1.CCC(O)c1ccn(-c2ccccc2)n1. The monoisotopic (exact) mass is 400 g/mol. The Bertz CT molecular complexity index is 1050. The van der Waals surface area contributed by atoms with Crippen LogP contribution in [0.2, 0.25) is 0 Å². The molecule has 154 valence electrons. The Hall–Kier alpha value is -3.44. The van der Waals surface area contributed by atoms with Crippen LogP contribution in [0.5, 0.6) is 0 Å². The summed E-state index contributed by atoms with van der Waals surface area (Å²) in [6.45, 7) is 8.00. The zero-order chi connectivity index (χ0) is 21.3. The number of aliphatic hydroxyl groups excluding tert-OH is 1. The molecule has 30 heavy (non-hydrogen) atoms. The van der Waals surface area contributed by atoms with Crippen molar-refractivity contribution in [2.75, 3.05) is 0 Å². The maximum atomic E-state index is 9.61. The molecule has 2 aromatic heterocycles. The summed E-state index contributed by atoms with van der Waals surface area (Å²) in [7, 11) is 0. The van der Waals surface area contributed by atoms with Crippen LogP contribution in [0, 0.1) is 0 Å². The van der Waals surface area contributed by atoms with E-state index in [0.29, 0.717) is 6.42 Å². The van der Waals surface area contributed by atoms with Crippen molar-refractivity contribution < 1.29 is 5.11 Å². The zero-order valence-corrected chi connectivity index (χ0v) is 17.5. The van der Waals surface area contributed by atoms with Gasteiger partial charge < -0.3 is 5.11 Å². The second-order valence-corrected chi connectivity index (χ2v) is 6.88. The van der Waals surface area contributed by atoms with E-state index in [4.69, 9.17) is 0 Å². The Labute approximate surface area is 177 Å². The van der Waals surface area contributed by atoms with Crippen LogP contribution < -0.4 is 0 Å². The van der Waals surface area contributed by atoms with Crippen molar-refractivity contribution in [1.82, 2.24) is 19.6 Å². The van der Waals surface area contributed by atoms with Gasteiger partial charge in [-0.3, -0.25) is 0 Å². The minimum atomic E-state index is -0.463. The molecule has 0 amide bonds. The van der Waals surface area contributed by atoms with E-state index in [9.17, 15) is 5.11 Å². The number of nitrogens with zero attached hydrogens (tertiary/aromatic N) is 4. The summed E-state index contributed by atoms with van der Waals surface area (Å²) in [5.41, 5.74) is 4.85. The molecule has 0 spiro atoms. The molecule has 0 fully saturated rings. The van der Waals surface area contributed by atoms with E-state index in [0.717, 1.165) is 34.8 Å². The molecule has 0 aliphatic rings. The maximum Gasteiger partial charge on any atom is 0.0975 e. The normalized spacial score (nSPS) is 11.4.